The molecule has 0 radical (unpaired) electrons. The van der Waals surface area contributed by atoms with E-state index in [-0.39, 0.29) is 5.69 Å². The Labute approximate surface area is 107 Å². The summed E-state index contributed by atoms with van der Waals surface area (Å²) in [6, 6.07) is 0.378. The fraction of sp³-hybridized carbons (Fsp3) is 0.667. The molecule has 1 aromatic heterocycles. The Morgan fingerprint density at radius 3 is 2.56 bits per heavy atom. The van der Waals surface area contributed by atoms with Gasteiger partial charge in [-0.3, -0.25) is 0 Å². The molecule has 1 N–H and O–H groups in total. The second-order valence-electron chi connectivity index (χ2n) is 4.96. The highest BCUT2D eigenvalue weighted by molar-refractivity contribution is 5.85. The molecule has 18 heavy (non-hydrogen) atoms. The van der Waals surface area contributed by atoms with Gasteiger partial charge >= 0.3 is 5.97 Å². The maximum Gasteiger partial charge on any atom is 0.357 e. The van der Waals surface area contributed by atoms with Crippen molar-refractivity contribution in [3.63, 3.8) is 0 Å². The Bertz CT molecular complexity index is 388. The highest BCUT2D eigenvalue weighted by Gasteiger charge is 2.17. The van der Waals surface area contributed by atoms with Crippen molar-refractivity contribution < 1.29 is 14.3 Å². The third-order valence-corrected chi connectivity index (χ3v) is 2.38. The van der Waals surface area contributed by atoms with Gasteiger partial charge in [-0.15, -0.1) is 0 Å². The number of rotatable bonds is 7. The Morgan fingerprint density at radius 1 is 1.44 bits per heavy atom. The molecule has 0 aliphatic rings. The SMILES string of the molecule is CC(C)CN(CCN(C)C)c1nc(C(=O)O)co1. The van der Waals surface area contributed by atoms with Crippen LogP contribution in [0.4, 0.5) is 6.01 Å². The van der Waals surface area contributed by atoms with E-state index in [2.05, 4.69) is 23.7 Å². The van der Waals surface area contributed by atoms with Crippen LogP contribution in [0.3, 0.4) is 0 Å². The van der Waals surface area contributed by atoms with Crippen molar-refractivity contribution in [1.29, 1.82) is 0 Å². The summed E-state index contributed by atoms with van der Waals surface area (Å²) in [7, 11) is 3.98. The molecule has 1 rings (SSSR count). The van der Waals surface area contributed by atoms with Gasteiger partial charge < -0.3 is 19.3 Å². The van der Waals surface area contributed by atoms with Crippen LogP contribution in [0.2, 0.25) is 0 Å². The summed E-state index contributed by atoms with van der Waals surface area (Å²) in [6.45, 7) is 6.60. The van der Waals surface area contributed by atoms with Crippen molar-refractivity contribution in [2.45, 2.75) is 13.8 Å². The molecule has 0 amide bonds. The molecule has 0 bridgehead atoms. The van der Waals surface area contributed by atoms with Crippen molar-refractivity contribution >= 4 is 12.0 Å². The second-order valence-corrected chi connectivity index (χ2v) is 4.96. The Balaban J connectivity index is 2.76. The average molecular weight is 255 g/mol. The summed E-state index contributed by atoms with van der Waals surface area (Å²) >= 11 is 0. The van der Waals surface area contributed by atoms with E-state index in [9.17, 15) is 4.79 Å². The molecule has 0 saturated carbocycles. The van der Waals surface area contributed by atoms with Gasteiger partial charge in [-0.05, 0) is 20.0 Å². The number of oxazole rings is 1. The molecule has 0 fully saturated rings. The number of hydrogen-bond donors (Lipinski definition) is 1. The first-order chi connectivity index (χ1) is 8.40. The summed E-state index contributed by atoms with van der Waals surface area (Å²) in [5.74, 6) is -0.616. The van der Waals surface area contributed by atoms with Crippen molar-refractivity contribution in [1.82, 2.24) is 9.88 Å². The van der Waals surface area contributed by atoms with E-state index in [1.54, 1.807) is 0 Å². The average Bonchev–Trinajstić information content (AvgIpc) is 2.72. The molecule has 1 heterocycles. The van der Waals surface area contributed by atoms with Gasteiger partial charge in [0.2, 0.25) is 0 Å². The molecule has 0 aliphatic carbocycles. The van der Waals surface area contributed by atoms with Gasteiger partial charge in [0.25, 0.3) is 6.01 Å². The van der Waals surface area contributed by atoms with Crippen molar-refractivity contribution in [3.05, 3.63) is 12.0 Å². The van der Waals surface area contributed by atoms with Crippen LogP contribution in [0, 0.1) is 5.92 Å². The predicted molar refractivity (Wildman–Crippen MR) is 69.1 cm³/mol. The number of anilines is 1. The number of carbonyl (C=O) groups is 1. The molecule has 0 saturated heterocycles. The van der Waals surface area contributed by atoms with Gasteiger partial charge in [0.1, 0.15) is 6.26 Å². The van der Waals surface area contributed by atoms with Crippen molar-refractivity contribution in [2.75, 3.05) is 38.6 Å². The van der Waals surface area contributed by atoms with Gasteiger partial charge in [0.15, 0.2) is 5.69 Å². The van der Waals surface area contributed by atoms with Crippen molar-refractivity contribution in [2.24, 2.45) is 5.92 Å². The summed E-state index contributed by atoms with van der Waals surface area (Å²) in [4.78, 5) is 18.8. The Morgan fingerprint density at radius 2 is 2.11 bits per heavy atom. The lowest BCUT2D eigenvalue weighted by Gasteiger charge is -2.24. The first kappa shape index (κ1) is 14.5. The normalized spacial score (nSPS) is 11.2. The van der Waals surface area contributed by atoms with Crippen LogP contribution < -0.4 is 4.90 Å². The van der Waals surface area contributed by atoms with Crippen LogP contribution >= 0.6 is 0 Å². The van der Waals surface area contributed by atoms with E-state index < -0.39 is 5.97 Å². The van der Waals surface area contributed by atoms with Gasteiger partial charge in [-0.1, -0.05) is 13.8 Å². The zero-order valence-electron chi connectivity index (χ0n) is 11.4. The standard InChI is InChI=1S/C12H21N3O3/c1-9(2)7-15(6-5-14(3)4)12-13-10(8-18-12)11(16)17/h8-9H,5-7H2,1-4H3,(H,16,17). The zero-order chi connectivity index (χ0) is 13.7. The predicted octanol–water partition coefficient (Wildman–Crippen LogP) is 1.40. The topological polar surface area (TPSA) is 69.8 Å². The largest absolute Gasteiger partial charge is 0.476 e. The lowest BCUT2D eigenvalue weighted by Crippen LogP contribution is -2.34. The summed E-state index contributed by atoms with van der Waals surface area (Å²) in [6.07, 6.45) is 1.18. The van der Waals surface area contributed by atoms with E-state index in [1.165, 1.54) is 6.26 Å². The maximum atomic E-state index is 10.8. The number of carboxylic acid groups (broad SMARTS) is 1. The number of hydrogen-bond acceptors (Lipinski definition) is 5. The highest BCUT2D eigenvalue weighted by atomic mass is 16.4. The first-order valence-electron chi connectivity index (χ1n) is 5.98. The lowest BCUT2D eigenvalue weighted by atomic mass is 10.2. The molecule has 102 valence electrons. The molecule has 6 heteroatoms. The summed E-state index contributed by atoms with van der Waals surface area (Å²) in [5.41, 5.74) is -0.0522. The van der Waals surface area contributed by atoms with Gasteiger partial charge in [-0.25, -0.2) is 4.79 Å². The Hall–Kier alpha value is -1.56. The number of aromatic nitrogens is 1. The van der Waals surface area contributed by atoms with Gasteiger partial charge in [0, 0.05) is 19.6 Å². The quantitative estimate of drug-likeness (QED) is 0.794. The van der Waals surface area contributed by atoms with Crippen LogP contribution in [0.1, 0.15) is 24.3 Å². The third kappa shape index (κ3) is 4.37. The molecule has 0 aliphatic heterocycles. The fourth-order valence-electron chi connectivity index (χ4n) is 1.53. The van der Waals surface area contributed by atoms with E-state index in [1.807, 2.05) is 19.0 Å². The summed E-state index contributed by atoms with van der Waals surface area (Å²) < 4.78 is 5.24. The summed E-state index contributed by atoms with van der Waals surface area (Å²) in [5, 5.41) is 8.83. The molecular weight excluding hydrogens is 234 g/mol. The minimum atomic E-state index is -1.07. The van der Waals surface area contributed by atoms with Crippen LogP contribution in [0.5, 0.6) is 0 Å². The van der Waals surface area contributed by atoms with Gasteiger partial charge in [-0.2, -0.15) is 4.98 Å². The van der Waals surface area contributed by atoms with Crippen molar-refractivity contribution in [3.8, 4) is 0 Å². The van der Waals surface area contributed by atoms with E-state index in [0.717, 1.165) is 19.6 Å². The highest BCUT2D eigenvalue weighted by Crippen LogP contribution is 2.15. The van der Waals surface area contributed by atoms with Crippen LogP contribution in [-0.2, 0) is 0 Å². The minimum Gasteiger partial charge on any atom is -0.476 e. The van der Waals surface area contributed by atoms with Crippen LogP contribution in [0.25, 0.3) is 0 Å². The molecule has 1 aromatic rings. The lowest BCUT2D eigenvalue weighted by molar-refractivity contribution is 0.0690. The Kier molecular flexibility index (Phi) is 5.15. The number of nitrogens with zero attached hydrogens (tertiary/aromatic N) is 3. The zero-order valence-corrected chi connectivity index (χ0v) is 11.4. The molecular formula is C12H21N3O3. The third-order valence-electron chi connectivity index (χ3n) is 2.38. The fourth-order valence-corrected chi connectivity index (χ4v) is 1.53. The maximum absolute atomic E-state index is 10.8. The molecule has 0 atom stereocenters. The second kappa shape index (κ2) is 6.39. The van der Waals surface area contributed by atoms with Crippen LogP contribution in [0.15, 0.2) is 10.7 Å². The van der Waals surface area contributed by atoms with E-state index in [0.29, 0.717) is 11.9 Å². The number of aromatic carboxylic acids is 1. The van der Waals surface area contributed by atoms with Crippen LogP contribution in [-0.4, -0.2) is 54.7 Å². The molecule has 0 spiro atoms. The molecule has 0 unspecified atom stereocenters. The molecule has 6 nitrogen and oxygen atoms in total. The van der Waals surface area contributed by atoms with E-state index >= 15 is 0 Å². The minimum absolute atomic E-state index is 0.0522. The smallest absolute Gasteiger partial charge is 0.357 e. The first-order valence-corrected chi connectivity index (χ1v) is 5.98. The molecule has 0 aromatic carbocycles. The monoisotopic (exact) mass is 255 g/mol. The van der Waals surface area contributed by atoms with Gasteiger partial charge in [0.05, 0.1) is 0 Å². The number of likely N-dealkylation sites (N-methyl/N-ethyl adjacent to an activating group) is 1. The number of carboxylic acids is 1. The van der Waals surface area contributed by atoms with E-state index in [4.69, 9.17) is 9.52 Å².